The smallest absolute Gasteiger partial charge is 0.162 e. The van der Waals surface area contributed by atoms with Crippen molar-refractivity contribution < 1.29 is 9.18 Å². The van der Waals surface area contributed by atoms with E-state index in [9.17, 15) is 9.18 Å². The number of anilines is 1. The van der Waals surface area contributed by atoms with E-state index in [4.69, 9.17) is 5.73 Å². The van der Waals surface area contributed by atoms with Crippen molar-refractivity contribution in [3.05, 3.63) is 28.0 Å². The lowest BCUT2D eigenvalue weighted by Gasteiger charge is -2.02. The summed E-state index contributed by atoms with van der Waals surface area (Å²) in [5.74, 6) is -0.892. The second-order valence-electron chi connectivity index (χ2n) is 2.41. The third-order valence-electron chi connectivity index (χ3n) is 1.47. The van der Waals surface area contributed by atoms with Crippen LogP contribution in [0.2, 0.25) is 0 Å². The Morgan fingerprint density at radius 1 is 1.58 bits per heavy atom. The molecular weight excluding hydrogens is 225 g/mol. The van der Waals surface area contributed by atoms with Gasteiger partial charge < -0.3 is 5.73 Å². The quantitative estimate of drug-likeness (QED) is 0.596. The number of carbonyl (C=O) groups is 1. The van der Waals surface area contributed by atoms with Crippen LogP contribution in [-0.2, 0) is 0 Å². The Labute approximate surface area is 77.7 Å². The molecule has 2 N–H and O–H groups in total. The normalized spacial score (nSPS) is 9.92. The summed E-state index contributed by atoms with van der Waals surface area (Å²) >= 11 is 3.10. The minimum Gasteiger partial charge on any atom is -0.398 e. The maximum absolute atomic E-state index is 13.0. The number of Topliss-reactive ketones (excluding diaryl/α,β-unsaturated/α-hetero) is 1. The predicted molar refractivity (Wildman–Crippen MR) is 48.5 cm³/mol. The molecule has 12 heavy (non-hydrogen) atoms. The Hall–Kier alpha value is -0.900. The fourth-order valence-corrected chi connectivity index (χ4v) is 1.18. The van der Waals surface area contributed by atoms with E-state index in [0.717, 1.165) is 6.07 Å². The lowest BCUT2D eigenvalue weighted by molar-refractivity contribution is 0.101. The van der Waals surface area contributed by atoms with Crippen LogP contribution in [0, 0.1) is 5.82 Å². The summed E-state index contributed by atoms with van der Waals surface area (Å²) < 4.78 is 13.5. The van der Waals surface area contributed by atoms with Gasteiger partial charge in [0.25, 0.3) is 0 Å². The highest BCUT2D eigenvalue weighted by atomic mass is 79.9. The first kappa shape index (κ1) is 9.19. The summed E-state index contributed by atoms with van der Waals surface area (Å²) in [6, 6.07) is 2.51. The molecule has 0 aromatic heterocycles. The number of halogens is 2. The molecule has 0 bridgehead atoms. The van der Waals surface area contributed by atoms with E-state index < -0.39 is 5.82 Å². The molecule has 0 amide bonds. The number of nitrogens with two attached hydrogens (primary N) is 1. The van der Waals surface area contributed by atoms with E-state index in [1.807, 2.05) is 0 Å². The number of carbonyl (C=O) groups excluding carboxylic acids is 1. The summed E-state index contributed by atoms with van der Waals surface area (Å²) in [4.78, 5) is 10.8. The average Bonchev–Trinajstić information content (AvgIpc) is 1.96. The van der Waals surface area contributed by atoms with E-state index in [1.165, 1.54) is 13.0 Å². The highest BCUT2D eigenvalue weighted by Crippen LogP contribution is 2.23. The van der Waals surface area contributed by atoms with E-state index in [-0.39, 0.29) is 17.0 Å². The van der Waals surface area contributed by atoms with E-state index in [0.29, 0.717) is 4.47 Å². The molecule has 64 valence electrons. The Kier molecular flexibility index (Phi) is 2.47. The number of nitrogen functional groups attached to an aromatic ring is 1. The van der Waals surface area contributed by atoms with Crippen molar-refractivity contribution in [3.63, 3.8) is 0 Å². The zero-order valence-corrected chi connectivity index (χ0v) is 7.98. The second-order valence-corrected chi connectivity index (χ2v) is 3.26. The molecule has 0 aliphatic carbocycles. The second kappa shape index (κ2) is 3.23. The molecule has 1 rings (SSSR count). The molecule has 1 aromatic carbocycles. The van der Waals surface area contributed by atoms with Crippen molar-refractivity contribution in [1.82, 2.24) is 0 Å². The average molecular weight is 232 g/mol. The lowest BCUT2D eigenvalue weighted by Crippen LogP contribution is -1.99. The van der Waals surface area contributed by atoms with Gasteiger partial charge in [0.2, 0.25) is 0 Å². The van der Waals surface area contributed by atoms with Crippen molar-refractivity contribution >= 4 is 27.4 Å². The van der Waals surface area contributed by atoms with Gasteiger partial charge in [-0.15, -0.1) is 0 Å². The summed E-state index contributed by atoms with van der Waals surface area (Å²) in [5, 5.41) is 0. The first-order valence-electron chi connectivity index (χ1n) is 3.28. The monoisotopic (exact) mass is 231 g/mol. The zero-order chi connectivity index (χ0) is 9.30. The summed E-state index contributed by atoms with van der Waals surface area (Å²) in [6.45, 7) is 1.31. The molecule has 0 unspecified atom stereocenters. The Balaban J connectivity index is 3.33. The fourth-order valence-electron chi connectivity index (χ4n) is 0.832. The van der Waals surface area contributed by atoms with Crippen LogP contribution in [0.15, 0.2) is 16.6 Å². The minimum absolute atomic E-state index is 0.0519. The van der Waals surface area contributed by atoms with Gasteiger partial charge in [-0.2, -0.15) is 0 Å². The maximum atomic E-state index is 13.0. The third kappa shape index (κ3) is 1.64. The van der Waals surface area contributed by atoms with Gasteiger partial charge in [-0.05, 0) is 35.0 Å². The Morgan fingerprint density at radius 3 is 2.67 bits per heavy atom. The van der Waals surface area contributed by atoms with E-state index >= 15 is 0 Å². The highest BCUT2D eigenvalue weighted by Gasteiger charge is 2.09. The van der Waals surface area contributed by atoms with Gasteiger partial charge in [-0.3, -0.25) is 4.79 Å². The Morgan fingerprint density at radius 2 is 2.17 bits per heavy atom. The van der Waals surface area contributed by atoms with E-state index in [1.54, 1.807) is 0 Å². The van der Waals surface area contributed by atoms with Crippen molar-refractivity contribution in [2.45, 2.75) is 6.92 Å². The fraction of sp³-hybridized carbons (Fsp3) is 0.125. The van der Waals surface area contributed by atoms with Crippen LogP contribution in [-0.4, -0.2) is 5.78 Å². The molecule has 1 aromatic rings. The van der Waals surface area contributed by atoms with Gasteiger partial charge in [0.05, 0.1) is 5.56 Å². The molecule has 0 aliphatic heterocycles. The molecule has 2 nitrogen and oxygen atoms in total. The SMILES string of the molecule is CC(=O)c1cc(Br)c(N)cc1F. The number of ketones is 1. The van der Waals surface area contributed by atoms with Gasteiger partial charge in [0.15, 0.2) is 5.78 Å². The molecule has 0 atom stereocenters. The number of hydrogen-bond acceptors (Lipinski definition) is 2. The molecule has 0 radical (unpaired) electrons. The first-order valence-corrected chi connectivity index (χ1v) is 4.07. The molecule has 0 saturated carbocycles. The predicted octanol–water partition coefficient (Wildman–Crippen LogP) is 2.37. The minimum atomic E-state index is -0.580. The van der Waals surface area contributed by atoms with Gasteiger partial charge in [0, 0.05) is 10.2 Å². The van der Waals surface area contributed by atoms with Crippen LogP contribution in [0.5, 0.6) is 0 Å². The molecule has 4 heteroatoms. The largest absolute Gasteiger partial charge is 0.398 e. The van der Waals surface area contributed by atoms with Crippen LogP contribution >= 0.6 is 15.9 Å². The van der Waals surface area contributed by atoms with Crippen LogP contribution in [0.3, 0.4) is 0 Å². The number of rotatable bonds is 1. The molecule has 0 aliphatic rings. The topological polar surface area (TPSA) is 43.1 Å². The van der Waals surface area contributed by atoms with Gasteiger partial charge >= 0.3 is 0 Å². The number of benzene rings is 1. The van der Waals surface area contributed by atoms with Crippen molar-refractivity contribution in [2.24, 2.45) is 0 Å². The van der Waals surface area contributed by atoms with E-state index in [2.05, 4.69) is 15.9 Å². The zero-order valence-electron chi connectivity index (χ0n) is 6.40. The van der Waals surface area contributed by atoms with Crippen molar-refractivity contribution in [3.8, 4) is 0 Å². The van der Waals surface area contributed by atoms with Gasteiger partial charge in [-0.25, -0.2) is 4.39 Å². The summed E-state index contributed by atoms with van der Waals surface area (Å²) in [6.07, 6.45) is 0. The van der Waals surface area contributed by atoms with Crippen LogP contribution in [0.4, 0.5) is 10.1 Å². The highest BCUT2D eigenvalue weighted by molar-refractivity contribution is 9.10. The lowest BCUT2D eigenvalue weighted by atomic mass is 10.1. The third-order valence-corrected chi connectivity index (χ3v) is 2.15. The molecule has 0 heterocycles. The maximum Gasteiger partial charge on any atom is 0.162 e. The number of hydrogen-bond donors (Lipinski definition) is 1. The molecule has 0 spiro atoms. The molecule has 0 fully saturated rings. The van der Waals surface area contributed by atoms with Crippen molar-refractivity contribution in [2.75, 3.05) is 5.73 Å². The van der Waals surface area contributed by atoms with Crippen molar-refractivity contribution in [1.29, 1.82) is 0 Å². The first-order chi connectivity index (χ1) is 5.52. The van der Waals surface area contributed by atoms with Gasteiger partial charge in [0.1, 0.15) is 5.82 Å². The van der Waals surface area contributed by atoms with Crippen LogP contribution < -0.4 is 5.73 Å². The van der Waals surface area contributed by atoms with Crippen LogP contribution in [0.25, 0.3) is 0 Å². The summed E-state index contributed by atoms with van der Waals surface area (Å²) in [5.41, 5.74) is 5.73. The Bertz CT molecular complexity index is 338. The summed E-state index contributed by atoms with van der Waals surface area (Å²) in [7, 11) is 0. The standard InChI is InChI=1S/C8H7BrFNO/c1-4(12)5-2-6(9)8(11)3-7(5)10/h2-3H,11H2,1H3. The van der Waals surface area contributed by atoms with Gasteiger partial charge in [-0.1, -0.05) is 0 Å². The van der Waals surface area contributed by atoms with Crippen LogP contribution in [0.1, 0.15) is 17.3 Å². The molecular formula is C8H7BrFNO. The molecule has 0 saturated heterocycles.